The second kappa shape index (κ2) is 7.50. The number of rotatable bonds is 4. The quantitative estimate of drug-likeness (QED) is 0.455. The molecule has 20 heavy (non-hydrogen) atoms. The van der Waals surface area contributed by atoms with Crippen molar-refractivity contribution in [2.45, 2.75) is 38.1 Å². The molecular formula is C15H23ClIN3. The first kappa shape index (κ1) is 17.6. The van der Waals surface area contributed by atoms with Gasteiger partial charge in [-0.2, -0.15) is 0 Å². The van der Waals surface area contributed by atoms with E-state index in [1.807, 2.05) is 12.1 Å². The number of benzene rings is 1. The molecule has 0 radical (unpaired) electrons. The first-order valence-electron chi connectivity index (χ1n) is 6.79. The van der Waals surface area contributed by atoms with E-state index in [2.05, 4.69) is 41.6 Å². The Morgan fingerprint density at radius 2 is 1.90 bits per heavy atom. The van der Waals surface area contributed by atoms with Gasteiger partial charge in [-0.15, -0.1) is 24.0 Å². The summed E-state index contributed by atoms with van der Waals surface area (Å²) in [6.07, 6.45) is 2.45. The van der Waals surface area contributed by atoms with Crippen LogP contribution in [-0.2, 0) is 5.41 Å². The minimum atomic E-state index is 0. The van der Waals surface area contributed by atoms with Crippen LogP contribution in [0.15, 0.2) is 29.3 Å². The van der Waals surface area contributed by atoms with E-state index in [1.165, 1.54) is 18.4 Å². The Hall–Kier alpha value is -0.490. The van der Waals surface area contributed by atoms with Crippen molar-refractivity contribution in [2.24, 2.45) is 4.99 Å². The minimum Gasteiger partial charge on any atom is -0.356 e. The Labute approximate surface area is 143 Å². The highest BCUT2D eigenvalue weighted by atomic mass is 127. The van der Waals surface area contributed by atoms with Gasteiger partial charge in [-0.3, -0.25) is 4.99 Å². The molecule has 2 rings (SSSR count). The highest BCUT2D eigenvalue weighted by Crippen LogP contribution is 2.47. The van der Waals surface area contributed by atoms with E-state index in [1.54, 1.807) is 7.05 Å². The van der Waals surface area contributed by atoms with Crippen molar-refractivity contribution < 1.29 is 0 Å². The highest BCUT2D eigenvalue weighted by molar-refractivity contribution is 14.0. The van der Waals surface area contributed by atoms with Crippen LogP contribution in [0, 0.1) is 0 Å². The highest BCUT2D eigenvalue weighted by Gasteiger charge is 2.44. The summed E-state index contributed by atoms with van der Waals surface area (Å²) in [5.74, 6) is 0.871. The molecule has 0 atom stereocenters. The smallest absolute Gasteiger partial charge is 0.191 e. The van der Waals surface area contributed by atoms with E-state index in [-0.39, 0.29) is 29.4 Å². The lowest BCUT2D eigenvalue weighted by atomic mass is 9.96. The molecule has 0 spiro atoms. The Balaban J connectivity index is 0.00000200. The molecule has 0 saturated heterocycles. The largest absolute Gasteiger partial charge is 0.356 e. The van der Waals surface area contributed by atoms with Gasteiger partial charge in [0.2, 0.25) is 0 Å². The predicted molar refractivity (Wildman–Crippen MR) is 97.4 cm³/mol. The third-order valence-electron chi connectivity index (χ3n) is 3.55. The number of hydrogen-bond donors (Lipinski definition) is 2. The molecule has 0 aliphatic heterocycles. The second-order valence-electron chi connectivity index (χ2n) is 5.51. The first-order chi connectivity index (χ1) is 9.05. The van der Waals surface area contributed by atoms with Gasteiger partial charge < -0.3 is 10.6 Å². The number of nitrogens with zero attached hydrogens (tertiary/aromatic N) is 1. The summed E-state index contributed by atoms with van der Waals surface area (Å²) >= 11 is 5.94. The lowest BCUT2D eigenvalue weighted by Crippen LogP contribution is -2.43. The Morgan fingerprint density at radius 1 is 1.30 bits per heavy atom. The van der Waals surface area contributed by atoms with Crippen molar-refractivity contribution >= 4 is 41.5 Å². The second-order valence-corrected chi connectivity index (χ2v) is 5.95. The molecule has 1 saturated carbocycles. The number of halogens is 2. The van der Waals surface area contributed by atoms with Crippen molar-refractivity contribution in [1.82, 2.24) is 10.6 Å². The predicted octanol–water partition coefficient (Wildman–Crippen LogP) is 3.56. The van der Waals surface area contributed by atoms with E-state index >= 15 is 0 Å². The topological polar surface area (TPSA) is 36.4 Å². The Kier molecular flexibility index (Phi) is 6.58. The normalized spacial score (nSPS) is 16.6. The fraction of sp³-hybridized carbons (Fsp3) is 0.533. The van der Waals surface area contributed by atoms with Crippen LogP contribution in [0.4, 0.5) is 0 Å². The molecular weight excluding hydrogens is 385 g/mol. The summed E-state index contributed by atoms with van der Waals surface area (Å²) < 4.78 is 0. The van der Waals surface area contributed by atoms with Crippen molar-refractivity contribution in [1.29, 1.82) is 0 Å². The molecule has 0 unspecified atom stereocenters. The van der Waals surface area contributed by atoms with Gasteiger partial charge in [-0.1, -0.05) is 23.7 Å². The van der Waals surface area contributed by atoms with E-state index in [9.17, 15) is 0 Å². The van der Waals surface area contributed by atoms with E-state index in [4.69, 9.17) is 11.6 Å². The monoisotopic (exact) mass is 407 g/mol. The van der Waals surface area contributed by atoms with Crippen molar-refractivity contribution in [3.63, 3.8) is 0 Å². The first-order valence-corrected chi connectivity index (χ1v) is 7.17. The zero-order chi connectivity index (χ0) is 13.9. The average Bonchev–Trinajstić information content (AvgIpc) is 3.16. The van der Waals surface area contributed by atoms with Crippen LogP contribution in [0.2, 0.25) is 5.02 Å². The third kappa shape index (κ3) is 4.52. The maximum Gasteiger partial charge on any atom is 0.191 e. The van der Waals surface area contributed by atoms with Gasteiger partial charge in [-0.05, 0) is 44.4 Å². The van der Waals surface area contributed by atoms with Gasteiger partial charge in [0.05, 0.1) is 0 Å². The lowest BCUT2D eigenvalue weighted by molar-refractivity contribution is 0.630. The molecule has 1 aromatic carbocycles. The molecule has 0 amide bonds. The molecule has 112 valence electrons. The average molecular weight is 408 g/mol. The van der Waals surface area contributed by atoms with Crippen molar-refractivity contribution in [2.75, 3.05) is 13.6 Å². The van der Waals surface area contributed by atoms with Crippen LogP contribution in [0.5, 0.6) is 0 Å². The molecule has 5 heteroatoms. The van der Waals surface area contributed by atoms with E-state index in [0.29, 0.717) is 6.04 Å². The van der Waals surface area contributed by atoms with E-state index < -0.39 is 0 Å². The summed E-state index contributed by atoms with van der Waals surface area (Å²) in [5.41, 5.74) is 1.63. The van der Waals surface area contributed by atoms with Gasteiger partial charge in [-0.25, -0.2) is 0 Å². The zero-order valence-corrected chi connectivity index (χ0v) is 15.3. The van der Waals surface area contributed by atoms with Crippen LogP contribution in [0.1, 0.15) is 32.3 Å². The number of hydrogen-bond acceptors (Lipinski definition) is 1. The molecule has 0 aromatic heterocycles. The summed E-state index contributed by atoms with van der Waals surface area (Å²) in [4.78, 5) is 4.24. The summed E-state index contributed by atoms with van der Waals surface area (Å²) in [6.45, 7) is 5.14. The van der Waals surface area contributed by atoms with Crippen LogP contribution in [0.3, 0.4) is 0 Å². The maximum absolute atomic E-state index is 5.94. The lowest BCUT2D eigenvalue weighted by Gasteiger charge is -2.20. The SMILES string of the molecule is CN=C(NCC1(c2ccc(Cl)cc2)CC1)NC(C)C.I. The fourth-order valence-corrected chi connectivity index (χ4v) is 2.37. The fourth-order valence-electron chi connectivity index (χ4n) is 2.24. The minimum absolute atomic E-state index is 0. The molecule has 1 fully saturated rings. The summed E-state index contributed by atoms with van der Waals surface area (Å²) in [6, 6.07) is 8.60. The van der Waals surface area contributed by atoms with Crippen LogP contribution in [-0.4, -0.2) is 25.6 Å². The summed E-state index contributed by atoms with van der Waals surface area (Å²) in [5, 5.41) is 7.53. The third-order valence-corrected chi connectivity index (χ3v) is 3.81. The van der Waals surface area contributed by atoms with Gasteiger partial charge in [0, 0.05) is 30.1 Å². The van der Waals surface area contributed by atoms with E-state index in [0.717, 1.165) is 17.5 Å². The zero-order valence-electron chi connectivity index (χ0n) is 12.2. The molecule has 1 aliphatic rings. The number of guanidine groups is 1. The molecule has 0 heterocycles. The van der Waals surface area contributed by atoms with Crippen molar-refractivity contribution in [3.05, 3.63) is 34.9 Å². The number of nitrogens with one attached hydrogen (secondary N) is 2. The van der Waals surface area contributed by atoms with Crippen LogP contribution < -0.4 is 10.6 Å². The Morgan fingerprint density at radius 3 is 2.35 bits per heavy atom. The maximum atomic E-state index is 5.94. The molecule has 1 aliphatic carbocycles. The molecule has 3 nitrogen and oxygen atoms in total. The van der Waals surface area contributed by atoms with Crippen molar-refractivity contribution in [3.8, 4) is 0 Å². The van der Waals surface area contributed by atoms with Crippen LogP contribution in [0.25, 0.3) is 0 Å². The molecule has 1 aromatic rings. The molecule has 2 N–H and O–H groups in total. The van der Waals surface area contributed by atoms with Gasteiger partial charge in [0.1, 0.15) is 0 Å². The Bertz CT molecular complexity index is 453. The standard InChI is InChI=1S/C15H22ClN3.HI/c1-11(2)19-14(17-3)18-10-15(8-9-15)12-4-6-13(16)7-5-12;/h4-7,11H,8-10H2,1-3H3,(H2,17,18,19);1H. The van der Waals surface area contributed by atoms with Crippen LogP contribution >= 0.6 is 35.6 Å². The summed E-state index contributed by atoms with van der Waals surface area (Å²) in [7, 11) is 1.81. The molecule has 0 bridgehead atoms. The van der Waals surface area contributed by atoms with Gasteiger partial charge >= 0.3 is 0 Å². The van der Waals surface area contributed by atoms with Gasteiger partial charge in [0.25, 0.3) is 0 Å². The number of aliphatic imine (C=N–C) groups is 1. The van der Waals surface area contributed by atoms with Gasteiger partial charge in [0.15, 0.2) is 5.96 Å².